The van der Waals surface area contributed by atoms with E-state index in [1.54, 1.807) is 37.5 Å². The van der Waals surface area contributed by atoms with Crippen molar-refractivity contribution in [2.24, 2.45) is 0 Å². The number of allylic oxidation sites excluding steroid dienone is 1. The molecule has 0 saturated carbocycles. The molecule has 0 aliphatic rings. The second kappa shape index (κ2) is 7.68. The van der Waals surface area contributed by atoms with Crippen LogP contribution in [-0.4, -0.2) is 13.7 Å². The highest BCUT2D eigenvalue weighted by Gasteiger charge is 2.06. The van der Waals surface area contributed by atoms with Gasteiger partial charge >= 0.3 is 0 Å². The van der Waals surface area contributed by atoms with E-state index < -0.39 is 0 Å². The molecule has 0 fully saturated rings. The zero-order valence-corrected chi connectivity index (χ0v) is 13.0. The number of rotatable bonds is 5. The number of nitrogens with zero attached hydrogens (tertiary/aromatic N) is 2. The zero-order valence-electron chi connectivity index (χ0n) is 13.0. The highest BCUT2D eigenvalue weighted by atomic mass is 16.5. The largest absolute Gasteiger partial charge is 0.493 e. The van der Waals surface area contributed by atoms with Gasteiger partial charge in [0.25, 0.3) is 0 Å². The Labute approximate surface area is 135 Å². The Morgan fingerprint density at radius 1 is 1.09 bits per heavy atom. The summed E-state index contributed by atoms with van der Waals surface area (Å²) in [5.41, 5.74) is 2.68. The Kier molecular flexibility index (Phi) is 5.39. The molecule has 2 aromatic rings. The molecule has 0 aromatic heterocycles. The summed E-state index contributed by atoms with van der Waals surface area (Å²) in [5.74, 6) is 1.29. The quantitative estimate of drug-likeness (QED) is 0.618. The molecule has 0 radical (unpaired) electrons. The van der Waals surface area contributed by atoms with E-state index in [1.807, 2.05) is 25.1 Å². The Bertz CT molecular complexity index is 794. The Hall–Kier alpha value is -3.24. The van der Waals surface area contributed by atoms with Gasteiger partial charge in [0.1, 0.15) is 0 Å². The number of hydrogen-bond acceptors (Lipinski definition) is 4. The number of methoxy groups -OCH3 is 1. The topological polar surface area (TPSA) is 66.0 Å². The smallest absolute Gasteiger partial charge is 0.161 e. The van der Waals surface area contributed by atoms with E-state index in [0.29, 0.717) is 29.2 Å². The summed E-state index contributed by atoms with van der Waals surface area (Å²) >= 11 is 0. The first kappa shape index (κ1) is 16.1. The summed E-state index contributed by atoms with van der Waals surface area (Å²) in [4.78, 5) is 0. The molecule has 0 heterocycles. The molecule has 0 N–H and O–H groups in total. The lowest BCUT2D eigenvalue weighted by Gasteiger charge is -2.10. The fourth-order valence-electron chi connectivity index (χ4n) is 2.12. The highest BCUT2D eigenvalue weighted by molar-refractivity contribution is 5.89. The average molecular weight is 304 g/mol. The van der Waals surface area contributed by atoms with Crippen molar-refractivity contribution in [3.63, 3.8) is 0 Å². The Morgan fingerprint density at radius 2 is 1.83 bits per heavy atom. The van der Waals surface area contributed by atoms with Gasteiger partial charge in [0.15, 0.2) is 11.5 Å². The van der Waals surface area contributed by atoms with E-state index in [4.69, 9.17) is 14.7 Å². The lowest BCUT2D eigenvalue weighted by atomic mass is 10.0. The van der Waals surface area contributed by atoms with Crippen LogP contribution in [0.2, 0.25) is 0 Å². The molecule has 0 aliphatic heterocycles. The van der Waals surface area contributed by atoms with Crippen LogP contribution in [0.3, 0.4) is 0 Å². The van der Waals surface area contributed by atoms with Crippen molar-refractivity contribution in [3.8, 4) is 23.6 Å². The number of benzene rings is 2. The van der Waals surface area contributed by atoms with E-state index in [9.17, 15) is 5.26 Å². The molecular formula is C19H16N2O2. The van der Waals surface area contributed by atoms with Gasteiger partial charge in [-0.3, -0.25) is 0 Å². The van der Waals surface area contributed by atoms with Crippen LogP contribution in [0, 0.1) is 22.7 Å². The zero-order chi connectivity index (χ0) is 16.7. The van der Waals surface area contributed by atoms with Crippen LogP contribution in [-0.2, 0) is 0 Å². The van der Waals surface area contributed by atoms with Crippen molar-refractivity contribution in [1.82, 2.24) is 0 Å². The van der Waals surface area contributed by atoms with Gasteiger partial charge in [-0.15, -0.1) is 0 Å². The van der Waals surface area contributed by atoms with Crippen molar-refractivity contribution in [2.75, 3.05) is 13.7 Å². The van der Waals surface area contributed by atoms with Gasteiger partial charge in [-0.1, -0.05) is 18.2 Å². The third-order valence-electron chi connectivity index (χ3n) is 3.24. The van der Waals surface area contributed by atoms with E-state index in [1.165, 1.54) is 0 Å². The summed E-state index contributed by atoms with van der Waals surface area (Å²) in [6.45, 7) is 2.46. The molecule has 0 spiro atoms. The lowest BCUT2D eigenvalue weighted by Crippen LogP contribution is -1.95. The SMILES string of the molecule is CCOc1ccc(/C=C(\C#N)c2ccc(C#N)cc2)cc1OC. The first-order valence-corrected chi connectivity index (χ1v) is 7.15. The van der Waals surface area contributed by atoms with Crippen LogP contribution in [0.15, 0.2) is 42.5 Å². The molecule has 4 nitrogen and oxygen atoms in total. The second-order valence-electron chi connectivity index (χ2n) is 4.70. The summed E-state index contributed by atoms with van der Waals surface area (Å²) in [5, 5.41) is 18.2. The number of nitriles is 2. The van der Waals surface area contributed by atoms with Crippen LogP contribution in [0.4, 0.5) is 0 Å². The maximum absolute atomic E-state index is 9.39. The molecule has 0 amide bonds. The van der Waals surface area contributed by atoms with Gasteiger partial charge in [0.05, 0.1) is 37.0 Å². The molecular weight excluding hydrogens is 288 g/mol. The minimum absolute atomic E-state index is 0.515. The Morgan fingerprint density at radius 3 is 2.39 bits per heavy atom. The normalized spacial score (nSPS) is 10.5. The molecule has 2 rings (SSSR count). The first-order valence-electron chi connectivity index (χ1n) is 7.15. The Balaban J connectivity index is 2.37. The lowest BCUT2D eigenvalue weighted by molar-refractivity contribution is 0.311. The molecule has 0 bridgehead atoms. The third kappa shape index (κ3) is 3.90. The third-order valence-corrected chi connectivity index (χ3v) is 3.24. The molecule has 114 valence electrons. The van der Waals surface area contributed by atoms with Crippen LogP contribution < -0.4 is 9.47 Å². The fraction of sp³-hybridized carbons (Fsp3) is 0.158. The molecule has 23 heavy (non-hydrogen) atoms. The maximum Gasteiger partial charge on any atom is 0.161 e. The predicted molar refractivity (Wildman–Crippen MR) is 88.8 cm³/mol. The van der Waals surface area contributed by atoms with Gasteiger partial charge in [-0.2, -0.15) is 10.5 Å². The summed E-state index contributed by atoms with van der Waals surface area (Å²) in [6, 6.07) is 16.7. The van der Waals surface area contributed by atoms with Crippen molar-refractivity contribution in [3.05, 3.63) is 59.2 Å². The minimum Gasteiger partial charge on any atom is -0.493 e. The van der Waals surface area contributed by atoms with E-state index in [2.05, 4.69) is 12.1 Å². The van der Waals surface area contributed by atoms with E-state index in [-0.39, 0.29) is 0 Å². The number of hydrogen-bond donors (Lipinski definition) is 0. The molecule has 4 heteroatoms. The van der Waals surface area contributed by atoms with Crippen LogP contribution in [0.25, 0.3) is 11.6 Å². The molecule has 2 aromatic carbocycles. The van der Waals surface area contributed by atoms with E-state index in [0.717, 1.165) is 11.1 Å². The van der Waals surface area contributed by atoms with Crippen LogP contribution in [0.1, 0.15) is 23.6 Å². The monoisotopic (exact) mass is 304 g/mol. The minimum atomic E-state index is 0.515. The second-order valence-corrected chi connectivity index (χ2v) is 4.70. The molecule has 0 aliphatic carbocycles. The van der Waals surface area contributed by atoms with Gasteiger partial charge in [-0.25, -0.2) is 0 Å². The molecule has 0 atom stereocenters. The highest BCUT2D eigenvalue weighted by Crippen LogP contribution is 2.29. The summed E-state index contributed by atoms with van der Waals surface area (Å²) < 4.78 is 10.8. The van der Waals surface area contributed by atoms with Crippen molar-refractivity contribution in [1.29, 1.82) is 10.5 Å². The van der Waals surface area contributed by atoms with Crippen LogP contribution >= 0.6 is 0 Å². The van der Waals surface area contributed by atoms with Crippen molar-refractivity contribution >= 4 is 11.6 Å². The van der Waals surface area contributed by atoms with Gasteiger partial charge in [0, 0.05) is 0 Å². The number of ether oxygens (including phenoxy) is 2. The van der Waals surface area contributed by atoms with Crippen molar-refractivity contribution < 1.29 is 9.47 Å². The van der Waals surface area contributed by atoms with E-state index >= 15 is 0 Å². The molecule has 0 unspecified atom stereocenters. The average Bonchev–Trinajstić information content (AvgIpc) is 2.61. The summed E-state index contributed by atoms with van der Waals surface area (Å²) in [7, 11) is 1.58. The van der Waals surface area contributed by atoms with Gasteiger partial charge in [-0.05, 0) is 48.4 Å². The first-order chi connectivity index (χ1) is 11.2. The van der Waals surface area contributed by atoms with Gasteiger partial charge in [0.2, 0.25) is 0 Å². The molecule has 0 saturated heterocycles. The van der Waals surface area contributed by atoms with Gasteiger partial charge < -0.3 is 9.47 Å². The standard InChI is InChI=1S/C19H16N2O2/c1-3-23-18-9-6-15(11-19(18)22-2)10-17(13-21)16-7-4-14(12-20)5-8-16/h4-11H,3H2,1-2H3/b17-10+. The summed E-state index contributed by atoms with van der Waals surface area (Å²) in [6.07, 6.45) is 1.78. The van der Waals surface area contributed by atoms with Crippen molar-refractivity contribution in [2.45, 2.75) is 6.92 Å². The van der Waals surface area contributed by atoms with Crippen LogP contribution in [0.5, 0.6) is 11.5 Å². The predicted octanol–water partition coefficient (Wildman–Crippen LogP) is 4.03. The fourth-order valence-corrected chi connectivity index (χ4v) is 2.12. The maximum atomic E-state index is 9.39.